The van der Waals surface area contributed by atoms with Crippen molar-refractivity contribution in [1.82, 2.24) is 29.9 Å². The lowest BCUT2D eigenvalue weighted by Crippen LogP contribution is -2.38. The lowest BCUT2D eigenvalue weighted by Gasteiger charge is -2.33. The van der Waals surface area contributed by atoms with Crippen molar-refractivity contribution in [1.29, 1.82) is 0 Å². The van der Waals surface area contributed by atoms with Crippen molar-refractivity contribution in [3.63, 3.8) is 0 Å². The molecule has 142 valence electrons. The summed E-state index contributed by atoms with van der Waals surface area (Å²) in [4.78, 5) is 20.0. The Labute approximate surface area is 161 Å². The smallest absolute Gasteiger partial charge is 0.259 e. The van der Waals surface area contributed by atoms with Gasteiger partial charge in [0.25, 0.3) is 11.8 Å². The number of aryl methyl sites for hydroxylation is 2. The van der Waals surface area contributed by atoms with E-state index in [0.717, 1.165) is 42.8 Å². The van der Waals surface area contributed by atoms with Crippen molar-refractivity contribution < 1.29 is 9.21 Å². The van der Waals surface area contributed by atoms with Crippen LogP contribution in [0, 0.1) is 6.92 Å². The summed E-state index contributed by atoms with van der Waals surface area (Å²) in [5, 5.41) is 12.7. The fourth-order valence-electron chi connectivity index (χ4n) is 3.39. The second kappa shape index (κ2) is 7.59. The summed E-state index contributed by atoms with van der Waals surface area (Å²) in [6.45, 7) is 5.49. The summed E-state index contributed by atoms with van der Waals surface area (Å²) < 4.78 is 7.75. The van der Waals surface area contributed by atoms with Crippen LogP contribution in [0.1, 0.15) is 60.6 Å². The second-order valence-electron chi connectivity index (χ2n) is 6.71. The van der Waals surface area contributed by atoms with Crippen molar-refractivity contribution in [2.45, 2.75) is 52.1 Å². The van der Waals surface area contributed by atoms with Gasteiger partial charge >= 0.3 is 0 Å². The molecule has 0 N–H and O–H groups in total. The molecule has 0 unspecified atom stereocenters. The molecule has 27 heavy (non-hydrogen) atoms. The number of nitrogens with zero attached hydrogens (tertiary/aromatic N) is 6. The second-order valence-corrected chi connectivity index (χ2v) is 7.57. The summed E-state index contributed by atoms with van der Waals surface area (Å²) in [7, 11) is 0. The fraction of sp³-hybridized carbons (Fsp3) is 0.500. The SMILES string of the molecule is CCCn1cc(C(=O)N2CCCC[C@H]2c2nnc(-c3scnc3C)o2)cn1. The van der Waals surface area contributed by atoms with E-state index in [2.05, 4.69) is 27.2 Å². The minimum Gasteiger partial charge on any atom is -0.418 e. The third-order valence-electron chi connectivity index (χ3n) is 4.76. The molecule has 3 aromatic rings. The van der Waals surface area contributed by atoms with E-state index in [1.54, 1.807) is 11.7 Å². The van der Waals surface area contributed by atoms with Gasteiger partial charge in [-0.25, -0.2) is 4.98 Å². The van der Waals surface area contributed by atoms with Crippen LogP contribution in [0.3, 0.4) is 0 Å². The summed E-state index contributed by atoms with van der Waals surface area (Å²) in [6.07, 6.45) is 7.25. The van der Waals surface area contributed by atoms with Crippen LogP contribution in [0.2, 0.25) is 0 Å². The topological polar surface area (TPSA) is 89.9 Å². The van der Waals surface area contributed by atoms with E-state index in [1.165, 1.54) is 11.3 Å². The molecule has 0 aromatic carbocycles. The average molecular weight is 386 g/mol. The minimum absolute atomic E-state index is 0.0317. The normalized spacial score (nSPS) is 17.4. The van der Waals surface area contributed by atoms with E-state index in [4.69, 9.17) is 4.42 Å². The number of piperidine rings is 1. The van der Waals surface area contributed by atoms with Crippen LogP contribution in [-0.4, -0.2) is 42.3 Å². The van der Waals surface area contributed by atoms with E-state index in [1.807, 2.05) is 22.7 Å². The van der Waals surface area contributed by atoms with Crippen LogP contribution < -0.4 is 0 Å². The zero-order valence-electron chi connectivity index (χ0n) is 15.5. The van der Waals surface area contributed by atoms with Crippen LogP contribution in [0.15, 0.2) is 22.3 Å². The van der Waals surface area contributed by atoms with Gasteiger partial charge in [-0.1, -0.05) is 6.92 Å². The molecule has 4 rings (SSSR count). The van der Waals surface area contributed by atoms with Gasteiger partial charge in [0.2, 0.25) is 5.89 Å². The molecule has 0 saturated carbocycles. The number of aromatic nitrogens is 5. The van der Waals surface area contributed by atoms with E-state index >= 15 is 0 Å². The minimum atomic E-state index is -0.199. The largest absolute Gasteiger partial charge is 0.418 e. The highest BCUT2D eigenvalue weighted by Crippen LogP contribution is 2.34. The molecule has 1 atom stereocenters. The van der Waals surface area contributed by atoms with Crippen molar-refractivity contribution in [2.24, 2.45) is 0 Å². The van der Waals surface area contributed by atoms with E-state index in [0.29, 0.717) is 23.9 Å². The Hall–Kier alpha value is -2.55. The first-order valence-electron chi connectivity index (χ1n) is 9.24. The van der Waals surface area contributed by atoms with Crippen LogP contribution in [0.25, 0.3) is 10.8 Å². The lowest BCUT2D eigenvalue weighted by atomic mass is 10.0. The highest BCUT2D eigenvalue weighted by atomic mass is 32.1. The number of hydrogen-bond acceptors (Lipinski definition) is 7. The van der Waals surface area contributed by atoms with Gasteiger partial charge in [0.1, 0.15) is 10.9 Å². The first kappa shape index (κ1) is 17.8. The zero-order chi connectivity index (χ0) is 18.8. The van der Waals surface area contributed by atoms with Gasteiger partial charge in [-0.05, 0) is 32.6 Å². The summed E-state index contributed by atoms with van der Waals surface area (Å²) in [5.74, 6) is 0.932. The Morgan fingerprint density at radius 1 is 1.37 bits per heavy atom. The molecule has 0 bridgehead atoms. The molecule has 4 heterocycles. The maximum atomic E-state index is 13.1. The number of amides is 1. The number of likely N-dealkylation sites (tertiary alicyclic amines) is 1. The molecule has 3 aromatic heterocycles. The van der Waals surface area contributed by atoms with Gasteiger partial charge < -0.3 is 9.32 Å². The molecule has 0 spiro atoms. The highest BCUT2D eigenvalue weighted by Gasteiger charge is 2.33. The van der Waals surface area contributed by atoms with E-state index < -0.39 is 0 Å². The van der Waals surface area contributed by atoms with Gasteiger partial charge in [0.15, 0.2) is 0 Å². The maximum Gasteiger partial charge on any atom is 0.259 e. The predicted octanol–water partition coefficient (Wildman–Crippen LogP) is 3.48. The molecule has 1 fully saturated rings. The van der Waals surface area contributed by atoms with Crippen LogP contribution >= 0.6 is 11.3 Å². The molecular formula is C18H22N6O2S. The number of carbonyl (C=O) groups excluding carboxylic acids is 1. The summed E-state index contributed by atoms with van der Waals surface area (Å²) >= 11 is 1.48. The van der Waals surface area contributed by atoms with E-state index in [-0.39, 0.29) is 11.9 Å². The zero-order valence-corrected chi connectivity index (χ0v) is 16.3. The molecule has 1 aliphatic heterocycles. The van der Waals surface area contributed by atoms with Gasteiger partial charge in [0.05, 0.1) is 23.0 Å². The fourth-order valence-corrected chi connectivity index (χ4v) is 4.11. The molecule has 1 aliphatic rings. The highest BCUT2D eigenvalue weighted by molar-refractivity contribution is 7.13. The van der Waals surface area contributed by atoms with Crippen LogP contribution in [0.5, 0.6) is 0 Å². The third kappa shape index (κ3) is 3.51. The molecule has 1 saturated heterocycles. The number of carbonyl (C=O) groups is 1. The molecule has 8 nitrogen and oxygen atoms in total. The lowest BCUT2D eigenvalue weighted by molar-refractivity contribution is 0.0572. The van der Waals surface area contributed by atoms with Crippen molar-refractivity contribution in [3.8, 4) is 10.8 Å². The quantitative estimate of drug-likeness (QED) is 0.667. The number of rotatable bonds is 5. The van der Waals surface area contributed by atoms with Gasteiger partial charge in [-0.2, -0.15) is 5.10 Å². The summed E-state index contributed by atoms with van der Waals surface area (Å²) in [6, 6.07) is -0.199. The Morgan fingerprint density at radius 2 is 2.26 bits per heavy atom. The van der Waals surface area contributed by atoms with Crippen LogP contribution in [0.4, 0.5) is 0 Å². The predicted molar refractivity (Wildman–Crippen MR) is 100 cm³/mol. The molecule has 1 amide bonds. The molecule has 0 radical (unpaired) electrons. The van der Waals surface area contributed by atoms with Crippen molar-refractivity contribution in [2.75, 3.05) is 6.54 Å². The Balaban J connectivity index is 1.58. The van der Waals surface area contributed by atoms with E-state index in [9.17, 15) is 4.79 Å². The number of thiazole rings is 1. The van der Waals surface area contributed by atoms with Gasteiger partial charge in [-0.15, -0.1) is 21.5 Å². The molecule has 9 heteroatoms. The first-order valence-corrected chi connectivity index (χ1v) is 10.1. The van der Waals surface area contributed by atoms with Crippen LogP contribution in [-0.2, 0) is 6.54 Å². The van der Waals surface area contributed by atoms with Crippen molar-refractivity contribution >= 4 is 17.2 Å². The Kier molecular flexibility index (Phi) is 5.02. The monoisotopic (exact) mass is 386 g/mol. The first-order chi connectivity index (χ1) is 13.2. The van der Waals surface area contributed by atoms with Crippen molar-refractivity contribution in [3.05, 3.63) is 35.1 Å². The Bertz CT molecular complexity index is 930. The standard InChI is InChI=1S/C18H22N6O2S/c1-3-7-23-10-13(9-20-23)18(25)24-8-5-4-6-14(24)16-21-22-17(26-16)15-12(2)19-11-27-15/h9-11,14H,3-8H2,1-2H3/t14-/m0/s1. The molecular weight excluding hydrogens is 364 g/mol. The van der Waals surface area contributed by atoms with Gasteiger partial charge in [0, 0.05) is 19.3 Å². The summed E-state index contributed by atoms with van der Waals surface area (Å²) in [5.41, 5.74) is 3.24. The maximum absolute atomic E-state index is 13.1. The molecule has 0 aliphatic carbocycles. The number of hydrogen-bond donors (Lipinski definition) is 0. The third-order valence-corrected chi connectivity index (χ3v) is 5.68. The van der Waals surface area contributed by atoms with Gasteiger partial charge in [-0.3, -0.25) is 9.48 Å². The average Bonchev–Trinajstić information content (AvgIpc) is 3.42. The Morgan fingerprint density at radius 3 is 3.04 bits per heavy atom.